The number of nitrogens with one attached hydrogen (secondary N) is 1. The molecule has 170 valence electrons. The van der Waals surface area contributed by atoms with Gasteiger partial charge < -0.3 is 19.7 Å². The lowest BCUT2D eigenvalue weighted by atomic mass is 9.87. The lowest BCUT2D eigenvalue weighted by Crippen LogP contribution is -2.39. The van der Waals surface area contributed by atoms with Crippen LogP contribution in [-0.4, -0.2) is 42.6 Å². The largest absolute Gasteiger partial charge is 0.454 e. The van der Waals surface area contributed by atoms with Gasteiger partial charge in [0, 0.05) is 30.6 Å². The summed E-state index contributed by atoms with van der Waals surface area (Å²) in [4.78, 5) is 27.5. The van der Waals surface area contributed by atoms with Crippen molar-refractivity contribution in [3.63, 3.8) is 0 Å². The Morgan fingerprint density at radius 3 is 2.53 bits per heavy atom. The standard InChI is InChI=1S/C23H23F3N2O4/c1-13(2)27-21(29)18-11-28(22(30)15-6-7-19-20(9-15)32-12-31-19)10-17(18)14-4-3-5-16(8-14)23(24,25)26/h3-9,13,17-18H,10-12H2,1-2H3,(H,27,29). The van der Waals surface area contributed by atoms with E-state index in [1.165, 1.54) is 11.0 Å². The van der Waals surface area contributed by atoms with Gasteiger partial charge in [-0.3, -0.25) is 9.59 Å². The fourth-order valence-electron chi connectivity index (χ4n) is 4.12. The van der Waals surface area contributed by atoms with E-state index in [1.807, 2.05) is 13.8 Å². The molecular formula is C23H23F3N2O4. The summed E-state index contributed by atoms with van der Waals surface area (Å²) in [6.07, 6.45) is -4.49. The van der Waals surface area contributed by atoms with Crippen molar-refractivity contribution in [1.29, 1.82) is 0 Å². The van der Waals surface area contributed by atoms with Crippen LogP contribution in [0.4, 0.5) is 13.2 Å². The van der Waals surface area contributed by atoms with Crippen LogP contribution in [0.5, 0.6) is 11.5 Å². The molecule has 2 aromatic rings. The molecule has 32 heavy (non-hydrogen) atoms. The van der Waals surface area contributed by atoms with Crippen molar-refractivity contribution in [2.75, 3.05) is 19.9 Å². The van der Waals surface area contributed by atoms with Gasteiger partial charge in [-0.15, -0.1) is 0 Å². The molecule has 2 aromatic carbocycles. The quantitative estimate of drug-likeness (QED) is 0.773. The van der Waals surface area contributed by atoms with Gasteiger partial charge in [0.05, 0.1) is 11.5 Å². The first-order valence-corrected chi connectivity index (χ1v) is 10.3. The van der Waals surface area contributed by atoms with E-state index in [0.717, 1.165) is 12.1 Å². The molecule has 0 aliphatic carbocycles. The summed E-state index contributed by atoms with van der Waals surface area (Å²) in [6.45, 7) is 3.92. The molecule has 0 aromatic heterocycles. The Bertz CT molecular complexity index is 1040. The van der Waals surface area contributed by atoms with Crippen LogP contribution in [0.2, 0.25) is 0 Å². The van der Waals surface area contributed by atoms with Crippen LogP contribution in [0.15, 0.2) is 42.5 Å². The van der Waals surface area contributed by atoms with Crippen LogP contribution in [0.3, 0.4) is 0 Å². The van der Waals surface area contributed by atoms with Crippen LogP contribution >= 0.6 is 0 Å². The zero-order valence-electron chi connectivity index (χ0n) is 17.6. The number of carbonyl (C=O) groups excluding carboxylic acids is 2. The molecule has 2 heterocycles. The van der Waals surface area contributed by atoms with E-state index >= 15 is 0 Å². The summed E-state index contributed by atoms with van der Waals surface area (Å²) >= 11 is 0. The molecule has 1 N–H and O–H groups in total. The molecule has 2 amide bonds. The highest BCUT2D eigenvalue weighted by molar-refractivity contribution is 5.96. The number of carbonyl (C=O) groups is 2. The van der Waals surface area contributed by atoms with Crippen molar-refractivity contribution in [3.8, 4) is 11.5 Å². The molecule has 2 aliphatic heterocycles. The lowest BCUT2D eigenvalue weighted by Gasteiger charge is -2.20. The Labute approximate surface area is 183 Å². The number of likely N-dealkylation sites (tertiary alicyclic amines) is 1. The Balaban J connectivity index is 1.63. The molecule has 2 atom stereocenters. The highest BCUT2D eigenvalue weighted by Crippen LogP contribution is 2.38. The fourth-order valence-corrected chi connectivity index (χ4v) is 4.12. The van der Waals surface area contributed by atoms with Gasteiger partial charge in [0.1, 0.15) is 0 Å². The number of amides is 2. The number of hydrogen-bond acceptors (Lipinski definition) is 4. The molecule has 0 spiro atoms. The van der Waals surface area contributed by atoms with Crippen LogP contribution in [0.1, 0.15) is 41.3 Å². The SMILES string of the molecule is CC(C)NC(=O)C1CN(C(=O)c2ccc3c(c2)OCO3)CC1c1cccc(C(F)(F)F)c1. The summed E-state index contributed by atoms with van der Waals surface area (Å²) < 4.78 is 50.3. The second kappa shape index (κ2) is 8.37. The first-order chi connectivity index (χ1) is 15.1. The predicted octanol–water partition coefficient (Wildman–Crippen LogP) is 3.81. The molecule has 1 saturated heterocycles. The average molecular weight is 448 g/mol. The van der Waals surface area contributed by atoms with Crippen LogP contribution in [0, 0.1) is 5.92 Å². The monoisotopic (exact) mass is 448 g/mol. The summed E-state index contributed by atoms with van der Waals surface area (Å²) in [6, 6.07) is 9.65. The van der Waals surface area contributed by atoms with Gasteiger partial charge >= 0.3 is 6.18 Å². The van der Waals surface area contributed by atoms with Gasteiger partial charge in [-0.2, -0.15) is 13.2 Å². The van der Waals surface area contributed by atoms with Crippen LogP contribution in [-0.2, 0) is 11.0 Å². The first kappa shape index (κ1) is 22.0. The van der Waals surface area contributed by atoms with Crippen LogP contribution in [0.25, 0.3) is 0 Å². The molecule has 2 unspecified atom stereocenters. The molecule has 0 radical (unpaired) electrons. The third-order valence-electron chi connectivity index (χ3n) is 5.64. The number of fused-ring (bicyclic) bond motifs is 1. The normalized spacial score (nSPS) is 20.0. The van der Waals surface area contributed by atoms with Gasteiger partial charge in [0.15, 0.2) is 11.5 Å². The third kappa shape index (κ3) is 4.37. The topological polar surface area (TPSA) is 67.9 Å². The Morgan fingerprint density at radius 2 is 1.81 bits per heavy atom. The maximum absolute atomic E-state index is 13.3. The van der Waals surface area contributed by atoms with Crippen molar-refractivity contribution in [2.24, 2.45) is 5.92 Å². The van der Waals surface area contributed by atoms with Gasteiger partial charge in [0.2, 0.25) is 12.7 Å². The molecular weight excluding hydrogens is 425 g/mol. The van der Waals surface area contributed by atoms with Crippen molar-refractivity contribution < 1.29 is 32.2 Å². The van der Waals surface area contributed by atoms with Gasteiger partial charge in [-0.05, 0) is 43.7 Å². The Kier molecular flexibility index (Phi) is 5.75. The molecule has 9 heteroatoms. The maximum atomic E-state index is 13.3. The van der Waals surface area contributed by atoms with E-state index < -0.39 is 23.6 Å². The minimum Gasteiger partial charge on any atom is -0.454 e. The summed E-state index contributed by atoms with van der Waals surface area (Å²) in [5, 5.41) is 2.83. The minimum atomic E-state index is -4.49. The highest BCUT2D eigenvalue weighted by atomic mass is 19.4. The zero-order chi connectivity index (χ0) is 23.0. The highest BCUT2D eigenvalue weighted by Gasteiger charge is 2.42. The number of benzene rings is 2. The number of ether oxygens (including phenoxy) is 2. The van der Waals surface area contributed by atoms with E-state index in [-0.39, 0.29) is 37.7 Å². The van der Waals surface area contributed by atoms with Crippen LogP contribution < -0.4 is 14.8 Å². The zero-order valence-corrected chi connectivity index (χ0v) is 17.6. The average Bonchev–Trinajstić information content (AvgIpc) is 3.39. The number of alkyl halides is 3. The number of halogens is 3. The van der Waals surface area contributed by atoms with E-state index in [2.05, 4.69) is 5.32 Å². The summed E-state index contributed by atoms with van der Waals surface area (Å²) in [5.41, 5.74) is -0.0368. The van der Waals surface area contributed by atoms with E-state index in [0.29, 0.717) is 22.6 Å². The second-order valence-corrected chi connectivity index (χ2v) is 8.28. The van der Waals surface area contributed by atoms with Crippen molar-refractivity contribution in [3.05, 3.63) is 59.2 Å². The maximum Gasteiger partial charge on any atom is 0.416 e. The molecule has 4 rings (SSSR count). The smallest absolute Gasteiger partial charge is 0.416 e. The van der Waals surface area contributed by atoms with E-state index in [9.17, 15) is 22.8 Å². The number of rotatable bonds is 4. The molecule has 6 nitrogen and oxygen atoms in total. The van der Waals surface area contributed by atoms with Crippen molar-refractivity contribution in [2.45, 2.75) is 32.0 Å². The third-order valence-corrected chi connectivity index (χ3v) is 5.64. The second-order valence-electron chi connectivity index (χ2n) is 8.28. The van der Waals surface area contributed by atoms with Gasteiger partial charge in [-0.25, -0.2) is 0 Å². The Morgan fingerprint density at radius 1 is 1.06 bits per heavy atom. The number of nitrogens with zero attached hydrogens (tertiary/aromatic N) is 1. The molecule has 2 aliphatic rings. The first-order valence-electron chi connectivity index (χ1n) is 10.3. The van der Waals surface area contributed by atoms with Gasteiger partial charge in [-0.1, -0.05) is 18.2 Å². The molecule has 0 saturated carbocycles. The minimum absolute atomic E-state index is 0.0752. The van der Waals surface area contributed by atoms with Crippen molar-refractivity contribution in [1.82, 2.24) is 10.2 Å². The van der Waals surface area contributed by atoms with Crippen molar-refractivity contribution >= 4 is 11.8 Å². The number of hydrogen-bond donors (Lipinski definition) is 1. The van der Waals surface area contributed by atoms with E-state index in [1.54, 1.807) is 24.3 Å². The van der Waals surface area contributed by atoms with E-state index in [4.69, 9.17) is 9.47 Å². The molecule has 1 fully saturated rings. The predicted molar refractivity (Wildman–Crippen MR) is 109 cm³/mol. The summed E-state index contributed by atoms with van der Waals surface area (Å²) in [5.74, 6) is -0.839. The fraction of sp³-hybridized carbons (Fsp3) is 0.391. The summed E-state index contributed by atoms with van der Waals surface area (Å²) in [7, 11) is 0. The molecule has 0 bridgehead atoms. The Hall–Kier alpha value is -3.23. The lowest BCUT2D eigenvalue weighted by molar-refractivity contribution is -0.137. The van der Waals surface area contributed by atoms with Gasteiger partial charge in [0.25, 0.3) is 5.91 Å².